The summed E-state index contributed by atoms with van der Waals surface area (Å²) < 4.78 is 33.0. The van der Waals surface area contributed by atoms with Crippen LogP contribution in [0, 0.1) is 11.3 Å². The number of hydrogen-bond acceptors (Lipinski definition) is 5. The van der Waals surface area contributed by atoms with Crippen LogP contribution >= 0.6 is 0 Å². The fraction of sp³-hybridized carbons (Fsp3) is 0.391. The molecule has 4 rings (SSSR count). The van der Waals surface area contributed by atoms with E-state index in [2.05, 4.69) is 6.07 Å². The zero-order chi connectivity index (χ0) is 21.8. The molecule has 2 aliphatic heterocycles. The molecular formula is C23H25N3O4S. The molecule has 0 N–H and O–H groups in total. The summed E-state index contributed by atoms with van der Waals surface area (Å²) in [7, 11) is -3.49. The molecule has 0 atom stereocenters. The van der Waals surface area contributed by atoms with E-state index in [1.165, 1.54) is 0 Å². The molecule has 0 saturated carbocycles. The van der Waals surface area contributed by atoms with Crippen LogP contribution in [0.5, 0.6) is 5.75 Å². The Hall–Kier alpha value is -2.89. The van der Waals surface area contributed by atoms with Gasteiger partial charge in [0.1, 0.15) is 5.75 Å². The van der Waals surface area contributed by atoms with Crippen LogP contribution in [0.15, 0.2) is 47.4 Å². The molecule has 0 spiro atoms. The summed E-state index contributed by atoms with van der Waals surface area (Å²) in [6.07, 6.45) is 3.81. The third-order valence-corrected chi connectivity index (χ3v) is 7.66. The van der Waals surface area contributed by atoms with Crippen molar-refractivity contribution < 1.29 is 17.9 Å². The Morgan fingerprint density at radius 2 is 1.77 bits per heavy atom. The number of nitriles is 1. The van der Waals surface area contributed by atoms with Crippen molar-refractivity contribution >= 4 is 21.6 Å². The van der Waals surface area contributed by atoms with E-state index in [-0.39, 0.29) is 12.5 Å². The molecule has 0 unspecified atom stereocenters. The van der Waals surface area contributed by atoms with E-state index >= 15 is 0 Å². The van der Waals surface area contributed by atoms with E-state index in [4.69, 9.17) is 10.00 Å². The molecule has 8 heteroatoms. The lowest BCUT2D eigenvalue weighted by Gasteiger charge is -2.26. The summed E-state index contributed by atoms with van der Waals surface area (Å²) in [5.41, 5.74) is 2.51. The van der Waals surface area contributed by atoms with Gasteiger partial charge in [0.05, 0.1) is 17.4 Å². The van der Waals surface area contributed by atoms with E-state index in [9.17, 15) is 13.2 Å². The van der Waals surface area contributed by atoms with Gasteiger partial charge in [0.2, 0.25) is 10.0 Å². The molecule has 0 aromatic heterocycles. The minimum atomic E-state index is -3.49. The van der Waals surface area contributed by atoms with Crippen molar-refractivity contribution in [2.45, 2.75) is 37.0 Å². The van der Waals surface area contributed by atoms with Crippen LogP contribution in [0.3, 0.4) is 0 Å². The predicted molar refractivity (Wildman–Crippen MR) is 116 cm³/mol. The molecule has 2 aliphatic rings. The highest BCUT2D eigenvalue weighted by Gasteiger charge is 2.30. The Bertz CT molecular complexity index is 1100. The van der Waals surface area contributed by atoms with Crippen molar-refractivity contribution in [2.75, 3.05) is 31.1 Å². The molecule has 0 bridgehead atoms. The molecule has 2 aromatic carbocycles. The number of anilines is 1. The van der Waals surface area contributed by atoms with E-state index < -0.39 is 10.0 Å². The summed E-state index contributed by atoms with van der Waals surface area (Å²) >= 11 is 0. The molecule has 0 aliphatic carbocycles. The largest absolute Gasteiger partial charge is 0.484 e. The summed E-state index contributed by atoms with van der Waals surface area (Å²) in [6, 6.07) is 14.2. The van der Waals surface area contributed by atoms with Crippen molar-refractivity contribution in [3.8, 4) is 11.8 Å². The lowest BCUT2D eigenvalue weighted by atomic mass is 10.2. The number of hydrogen-bond donors (Lipinski definition) is 0. The first-order valence-electron chi connectivity index (χ1n) is 10.5. The van der Waals surface area contributed by atoms with E-state index in [0.717, 1.165) is 36.1 Å². The van der Waals surface area contributed by atoms with Crippen LogP contribution in [0.25, 0.3) is 0 Å². The molecule has 1 amide bonds. The quantitative estimate of drug-likeness (QED) is 0.690. The van der Waals surface area contributed by atoms with Crippen LogP contribution < -0.4 is 9.64 Å². The van der Waals surface area contributed by atoms with Gasteiger partial charge in [-0.15, -0.1) is 0 Å². The van der Waals surface area contributed by atoms with Crippen molar-refractivity contribution in [1.82, 2.24) is 4.31 Å². The molecule has 31 heavy (non-hydrogen) atoms. The van der Waals surface area contributed by atoms with Crippen molar-refractivity contribution in [1.29, 1.82) is 5.26 Å². The highest BCUT2D eigenvalue weighted by atomic mass is 32.2. The van der Waals surface area contributed by atoms with Crippen LogP contribution in [-0.4, -0.2) is 44.9 Å². The smallest absolute Gasteiger partial charge is 0.264 e. The van der Waals surface area contributed by atoms with Gasteiger partial charge in [0, 0.05) is 25.3 Å². The van der Waals surface area contributed by atoms with Gasteiger partial charge < -0.3 is 9.64 Å². The van der Waals surface area contributed by atoms with Gasteiger partial charge in [-0.2, -0.15) is 9.57 Å². The third kappa shape index (κ3) is 4.58. The van der Waals surface area contributed by atoms with Crippen LogP contribution in [0.2, 0.25) is 0 Å². The number of fused-ring (bicyclic) bond motifs is 1. The Morgan fingerprint density at radius 3 is 2.48 bits per heavy atom. The molecule has 162 valence electrons. The zero-order valence-corrected chi connectivity index (χ0v) is 18.1. The van der Waals surface area contributed by atoms with E-state index in [0.29, 0.717) is 43.1 Å². The van der Waals surface area contributed by atoms with Gasteiger partial charge in [-0.1, -0.05) is 18.6 Å². The standard InChI is InChI=1S/C23H25N3O4S/c24-12-10-18-4-6-20(7-5-18)30-17-23(27)26-15-11-19-16-21(8-9-22(19)26)31(28,29)25-13-2-1-3-14-25/h4-9,16H,1-3,10-11,13-15,17H2. The second kappa shape index (κ2) is 9.08. The average molecular weight is 440 g/mol. The summed E-state index contributed by atoms with van der Waals surface area (Å²) in [5, 5.41) is 8.73. The zero-order valence-electron chi connectivity index (χ0n) is 17.3. The van der Waals surface area contributed by atoms with Gasteiger partial charge in [-0.25, -0.2) is 8.42 Å². The maximum Gasteiger partial charge on any atom is 0.264 e. The number of ether oxygens (including phenoxy) is 1. The number of sulfonamides is 1. The number of carbonyl (C=O) groups is 1. The van der Waals surface area contributed by atoms with E-state index in [1.54, 1.807) is 51.7 Å². The summed E-state index contributed by atoms with van der Waals surface area (Å²) in [5.74, 6) is 0.393. The predicted octanol–water partition coefficient (Wildman–Crippen LogP) is 2.90. The van der Waals surface area contributed by atoms with Crippen molar-refractivity contribution in [3.05, 3.63) is 53.6 Å². The fourth-order valence-electron chi connectivity index (χ4n) is 4.07. The molecule has 2 heterocycles. The molecule has 0 radical (unpaired) electrons. The number of rotatable bonds is 6. The van der Waals surface area contributed by atoms with Gasteiger partial charge in [-0.3, -0.25) is 4.79 Å². The molecule has 1 fully saturated rings. The Labute approximate surface area is 182 Å². The third-order valence-electron chi connectivity index (χ3n) is 5.77. The molecule has 1 saturated heterocycles. The van der Waals surface area contributed by atoms with E-state index in [1.807, 2.05) is 0 Å². The minimum Gasteiger partial charge on any atom is -0.484 e. The summed E-state index contributed by atoms with van der Waals surface area (Å²) in [4.78, 5) is 14.7. The molecule has 2 aromatic rings. The first-order chi connectivity index (χ1) is 15.0. The number of piperidine rings is 1. The average Bonchev–Trinajstić information content (AvgIpc) is 3.23. The second-order valence-electron chi connectivity index (χ2n) is 7.82. The van der Waals surface area contributed by atoms with Crippen LogP contribution in [0.4, 0.5) is 5.69 Å². The molecular weight excluding hydrogens is 414 g/mol. The Balaban J connectivity index is 1.42. The van der Waals surface area contributed by atoms with Gasteiger partial charge in [0.25, 0.3) is 5.91 Å². The van der Waals surface area contributed by atoms with Crippen molar-refractivity contribution in [3.63, 3.8) is 0 Å². The number of carbonyl (C=O) groups excluding carboxylic acids is 1. The second-order valence-corrected chi connectivity index (χ2v) is 9.76. The first kappa shape index (κ1) is 21.3. The lowest BCUT2D eigenvalue weighted by Crippen LogP contribution is -2.35. The monoisotopic (exact) mass is 439 g/mol. The fourth-order valence-corrected chi connectivity index (χ4v) is 5.64. The minimum absolute atomic E-state index is 0.106. The number of benzene rings is 2. The lowest BCUT2D eigenvalue weighted by molar-refractivity contribution is -0.120. The first-order valence-corrected chi connectivity index (χ1v) is 12.0. The summed E-state index contributed by atoms with van der Waals surface area (Å²) in [6.45, 7) is 1.54. The Kier molecular flexibility index (Phi) is 6.25. The van der Waals surface area contributed by atoms with Crippen LogP contribution in [-0.2, 0) is 27.7 Å². The van der Waals surface area contributed by atoms with Crippen molar-refractivity contribution in [2.24, 2.45) is 0 Å². The topological polar surface area (TPSA) is 90.7 Å². The highest BCUT2D eigenvalue weighted by Crippen LogP contribution is 2.32. The maximum absolute atomic E-state index is 12.9. The Morgan fingerprint density at radius 1 is 1.03 bits per heavy atom. The van der Waals surface area contributed by atoms with Gasteiger partial charge in [-0.05, 0) is 60.7 Å². The van der Waals surface area contributed by atoms with Crippen LogP contribution in [0.1, 0.15) is 30.4 Å². The highest BCUT2D eigenvalue weighted by molar-refractivity contribution is 7.89. The van der Waals surface area contributed by atoms with Gasteiger partial charge in [0.15, 0.2) is 6.61 Å². The number of nitrogens with zero attached hydrogens (tertiary/aromatic N) is 3. The van der Waals surface area contributed by atoms with Gasteiger partial charge >= 0.3 is 0 Å². The maximum atomic E-state index is 12.9. The SMILES string of the molecule is N#CCc1ccc(OCC(=O)N2CCc3cc(S(=O)(=O)N4CCCCC4)ccc32)cc1. The number of amides is 1. The normalized spacial score (nSPS) is 16.5. The molecule has 7 nitrogen and oxygen atoms in total.